The van der Waals surface area contributed by atoms with Crippen LogP contribution in [-0.4, -0.2) is 39.8 Å². The minimum absolute atomic E-state index is 0.0965. The van der Waals surface area contributed by atoms with E-state index in [-0.39, 0.29) is 18.7 Å². The summed E-state index contributed by atoms with van der Waals surface area (Å²) in [6, 6.07) is 7.21. The Balaban J connectivity index is 1.56. The van der Waals surface area contributed by atoms with E-state index in [0.717, 1.165) is 17.7 Å². The molecule has 25 heavy (non-hydrogen) atoms. The number of aromatic nitrogens is 2. The van der Waals surface area contributed by atoms with E-state index in [9.17, 15) is 14.7 Å². The zero-order valence-electron chi connectivity index (χ0n) is 13.8. The van der Waals surface area contributed by atoms with Crippen LogP contribution in [0.3, 0.4) is 0 Å². The summed E-state index contributed by atoms with van der Waals surface area (Å²) in [5.41, 5.74) is -0.320. The van der Waals surface area contributed by atoms with Crippen molar-refractivity contribution in [3.63, 3.8) is 0 Å². The van der Waals surface area contributed by atoms with Crippen molar-refractivity contribution in [1.82, 2.24) is 15.5 Å². The summed E-state index contributed by atoms with van der Waals surface area (Å²) in [6.07, 6.45) is 2.10. The van der Waals surface area contributed by atoms with Gasteiger partial charge in [0.05, 0.1) is 7.11 Å². The number of hydrogen-bond acceptors (Lipinski definition) is 6. The maximum Gasteiger partial charge on any atom is 0.329 e. The first-order valence-electron chi connectivity index (χ1n) is 8.04. The topological polar surface area (TPSA) is 115 Å². The van der Waals surface area contributed by atoms with Crippen LogP contribution >= 0.6 is 0 Å². The number of carbonyl (C=O) groups excluding carboxylic acids is 1. The lowest BCUT2D eigenvalue weighted by molar-refractivity contribution is -0.151. The van der Waals surface area contributed by atoms with Crippen molar-refractivity contribution in [3.8, 4) is 17.1 Å². The number of aryl methyl sites for hydroxylation is 1. The molecule has 1 amide bonds. The molecule has 1 aromatic heterocycles. The van der Waals surface area contributed by atoms with Crippen molar-refractivity contribution in [3.05, 3.63) is 30.2 Å². The number of aliphatic carboxylic acids is 1. The highest BCUT2D eigenvalue weighted by Gasteiger charge is 2.45. The summed E-state index contributed by atoms with van der Waals surface area (Å²) in [6.45, 7) is 0. The van der Waals surface area contributed by atoms with Crippen molar-refractivity contribution in [2.75, 3.05) is 7.11 Å². The second-order valence-corrected chi connectivity index (χ2v) is 6.03. The zero-order chi connectivity index (χ0) is 17.9. The van der Waals surface area contributed by atoms with Crippen molar-refractivity contribution < 1.29 is 24.0 Å². The van der Waals surface area contributed by atoms with Gasteiger partial charge in [0, 0.05) is 18.4 Å². The Morgan fingerprint density at radius 2 is 2.04 bits per heavy atom. The number of nitrogens with one attached hydrogen (secondary N) is 1. The molecule has 132 valence electrons. The number of benzene rings is 1. The molecule has 1 heterocycles. The van der Waals surface area contributed by atoms with Gasteiger partial charge in [0.2, 0.25) is 17.6 Å². The van der Waals surface area contributed by atoms with Gasteiger partial charge in [-0.05, 0) is 43.5 Å². The van der Waals surface area contributed by atoms with E-state index in [1.54, 1.807) is 19.2 Å². The van der Waals surface area contributed by atoms with E-state index in [2.05, 4.69) is 15.5 Å². The fourth-order valence-electron chi connectivity index (χ4n) is 2.69. The van der Waals surface area contributed by atoms with Gasteiger partial charge in [0.15, 0.2) is 0 Å². The number of carbonyl (C=O) groups is 2. The van der Waals surface area contributed by atoms with Gasteiger partial charge in [-0.15, -0.1) is 0 Å². The second kappa shape index (κ2) is 6.92. The average Bonchev–Trinajstić information content (AvgIpc) is 3.05. The van der Waals surface area contributed by atoms with E-state index in [1.807, 2.05) is 12.1 Å². The Labute approximate surface area is 144 Å². The van der Waals surface area contributed by atoms with Crippen LogP contribution in [0.1, 0.15) is 31.6 Å². The van der Waals surface area contributed by atoms with Gasteiger partial charge >= 0.3 is 5.97 Å². The minimum atomic E-state index is -1.10. The molecular weight excluding hydrogens is 326 g/mol. The maximum atomic E-state index is 12.0. The van der Waals surface area contributed by atoms with Crippen molar-refractivity contribution in [1.29, 1.82) is 0 Å². The first-order valence-corrected chi connectivity index (χ1v) is 8.04. The van der Waals surface area contributed by atoms with E-state index in [1.165, 1.54) is 0 Å². The molecule has 1 aliphatic carbocycles. The number of nitrogens with zero attached hydrogens (tertiary/aromatic N) is 2. The van der Waals surface area contributed by atoms with Crippen LogP contribution in [0.5, 0.6) is 5.75 Å². The fourth-order valence-corrected chi connectivity index (χ4v) is 2.69. The Morgan fingerprint density at radius 1 is 1.32 bits per heavy atom. The fraction of sp³-hybridized carbons (Fsp3) is 0.412. The Kier molecular flexibility index (Phi) is 4.69. The minimum Gasteiger partial charge on any atom is -0.497 e. The Morgan fingerprint density at radius 3 is 2.60 bits per heavy atom. The van der Waals surface area contributed by atoms with Gasteiger partial charge in [0.1, 0.15) is 11.3 Å². The number of rotatable bonds is 7. The SMILES string of the molecule is COc1ccc(-c2noc(CCC(=O)NC3(C(=O)O)CCC3)n2)cc1. The Bertz CT molecular complexity index is 765. The smallest absolute Gasteiger partial charge is 0.329 e. The number of carboxylic acid groups (broad SMARTS) is 1. The van der Waals surface area contributed by atoms with Crippen LogP contribution < -0.4 is 10.1 Å². The normalized spacial score (nSPS) is 15.2. The lowest BCUT2D eigenvalue weighted by Gasteiger charge is -2.38. The lowest BCUT2D eigenvalue weighted by Crippen LogP contribution is -2.59. The zero-order valence-corrected chi connectivity index (χ0v) is 13.8. The van der Waals surface area contributed by atoms with Crippen LogP contribution in [0, 0.1) is 0 Å². The number of methoxy groups -OCH3 is 1. The molecule has 0 saturated heterocycles. The third-order valence-corrected chi connectivity index (χ3v) is 4.38. The number of ether oxygens (including phenoxy) is 1. The van der Waals surface area contributed by atoms with Gasteiger partial charge in [0.25, 0.3) is 0 Å². The summed E-state index contributed by atoms with van der Waals surface area (Å²) >= 11 is 0. The highest BCUT2D eigenvalue weighted by Crippen LogP contribution is 2.32. The van der Waals surface area contributed by atoms with Crippen molar-refractivity contribution in [2.45, 2.75) is 37.6 Å². The second-order valence-electron chi connectivity index (χ2n) is 6.03. The van der Waals surface area contributed by atoms with E-state index in [0.29, 0.717) is 24.6 Å². The first-order chi connectivity index (χ1) is 12.0. The average molecular weight is 345 g/mol. The van der Waals surface area contributed by atoms with Crippen molar-refractivity contribution >= 4 is 11.9 Å². The predicted molar refractivity (Wildman–Crippen MR) is 87.0 cm³/mol. The van der Waals surface area contributed by atoms with Crippen LogP contribution in [0.15, 0.2) is 28.8 Å². The summed E-state index contributed by atoms with van der Waals surface area (Å²) in [4.78, 5) is 27.5. The van der Waals surface area contributed by atoms with Crippen molar-refractivity contribution in [2.24, 2.45) is 0 Å². The molecule has 0 radical (unpaired) electrons. The van der Waals surface area contributed by atoms with E-state index < -0.39 is 11.5 Å². The summed E-state index contributed by atoms with van der Waals surface area (Å²) in [7, 11) is 1.59. The predicted octanol–water partition coefficient (Wildman–Crippen LogP) is 1.80. The quantitative estimate of drug-likeness (QED) is 0.786. The number of carboxylic acids is 1. The molecule has 0 unspecified atom stereocenters. The van der Waals surface area contributed by atoms with Crippen LogP contribution in [0.2, 0.25) is 0 Å². The summed E-state index contributed by atoms with van der Waals surface area (Å²) in [5, 5.41) is 15.7. The summed E-state index contributed by atoms with van der Waals surface area (Å²) < 4.78 is 10.3. The van der Waals surface area contributed by atoms with Gasteiger partial charge < -0.3 is 19.7 Å². The largest absolute Gasteiger partial charge is 0.497 e. The van der Waals surface area contributed by atoms with Crippen LogP contribution in [-0.2, 0) is 16.0 Å². The molecule has 2 N–H and O–H groups in total. The molecule has 1 aliphatic rings. The van der Waals surface area contributed by atoms with Gasteiger partial charge in [-0.25, -0.2) is 4.79 Å². The molecule has 8 heteroatoms. The van der Waals surface area contributed by atoms with Gasteiger partial charge in [-0.2, -0.15) is 4.98 Å². The van der Waals surface area contributed by atoms with Crippen LogP contribution in [0.4, 0.5) is 0 Å². The Hall–Kier alpha value is -2.90. The highest BCUT2D eigenvalue weighted by molar-refractivity contribution is 5.87. The standard InChI is InChI=1S/C17H19N3O5/c1-24-12-5-3-11(4-6-12)15-18-14(25-20-15)8-7-13(21)19-17(16(22)23)9-2-10-17/h3-6H,2,7-10H2,1H3,(H,19,21)(H,22,23). The number of hydrogen-bond donors (Lipinski definition) is 2. The van der Waals surface area contributed by atoms with Gasteiger partial charge in [-0.3, -0.25) is 4.79 Å². The number of amides is 1. The highest BCUT2D eigenvalue weighted by atomic mass is 16.5. The molecule has 8 nitrogen and oxygen atoms in total. The molecule has 1 fully saturated rings. The molecule has 0 atom stereocenters. The third-order valence-electron chi connectivity index (χ3n) is 4.38. The molecule has 1 saturated carbocycles. The lowest BCUT2D eigenvalue weighted by atomic mass is 9.76. The molecule has 1 aromatic carbocycles. The summed E-state index contributed by atoms with van der Waals surface area (Å²) in [5.74, 6) is 0.184. The van der Waals surface area contributed by atoms with Crippen LogP contribution in [0.25, 0.3) is 11.4 Å². The van der Waals surface area contributed by atoms with E-state index >= 15 is 0 Å². The third kappa shape index (κ3) is 3.62. The first kappa shape index (κ1) is 16.9. The molecule has 0 bridgehead atoms. The van der Waals surface area contributed by atoms with Gasteiger partial charge in [-0.1, -0.05) is 5.16 Å². The maximum absolute atomic E-state index is 12.0. The molecule has 3 rings (SSSR count). The molecular formula is C17H19N3O5. The monoisotopic (exact) mass is 345 g/mol. The van der Waals surface area contributed by atoms with E-state index in [4.69, 9.17) is 9.26 Å². The molecule has 2 aromatic rings. The molecule has 0 aliphatic heterocycles. The molecule has 0 spiro atoms.